The lowest BCUT2D eigenvalue weighted by atomic mass is 10.4. The Morgan fingerprint density at radius 1 is 1.88 bits per heavy atom. The van der Waals surface area contributed by atoms with Crippen molar-refractivity contribution in [2.24, 2.45) is 5.73 Å². The van der Waals surface area contributed by atoms with Gasteiger partial charge in [0.2, 0.25) is 0 Å². The third-order valence-corrected chi connectivity index (χ3v) is 0.637. The predicted octanol–water partition coefficient (Wildman–Crippen LogP) is -0.753. The molecule has 3 nitrogen and oxygen atoms in total. The van der Waals surface area contributed by atoms with Gasteiger partial charge in [0.1, 0.15) is 0 Å². The molecule has 0 saturated carbocycles. The zero-order chi connectivity index (χ0) is 6.41. The molecule has 0 fully saturated rings. The fourth-order valence-corrected chi connectivity index (χ4v) is 0.244. The van der Waals surface area contributed by atoms with E-state index < -0.39 is 0 Å². The first-order chi connectivity index (χ1) is 3.81. The Labute approximate surface area is 48.6 Å². The summed E-state index contributed by atoms with van der Waals surface area (Å²) in [5.74, 6) is -0.0700. The van der Waals surface area contributed by atoms with E-state index in [9.17, 15) is 4.79 Å². The summed E-state index contributed by atoms with van der Waals surface area (Å²) in [6.45, 7) is 0.0815. The Balaban J connectivity index is 3.37. The van der Waals surface area contributed by atoms with Crippen LogP contribution in [0.15, 0.2) is 12.3 Å². The van der Waals surface area contributed by atoms with Gasteiger partial charge >= 0.3 is 0 Å². The monoisotopic (exact) mass is 114 g/mol. The lowest BCUT2D eigenvalue weighted by Crippen LogP contribution is -2.10. The lowest BCUT2D eigenvalue weighted by molar-refractivity contribution is -0.113. The average molecular weight is 114 g/mol. The van der Waals surface area contributed by atoms with Crippen LogP contribution in [0.3, 0.4) is 0 Å². The van der Waals surface area contributed by atoms with Crippen molar-refractivity contribution < 1.29 is 4.79 Å². The summed E-state index contributed by atoms with van der Waals surface area (Å²) in [4.78, 5) is 10.3. The van der Waals surface area contributed by atoms with Gasteiger partial charge in [0.25, 0.3) is 0 Å². The molecular formula is C5H10N2O. The molecule has 0 amide bonds. The molecule has 0 heterocycles. The van der Waals surface area contributed by atoms with Crippen molar-refractivity contribution in [1.82, 2.24) is 5.32 Å². The average Bonchev–Trinajstić information content (AvgIpc) is 1.83. The Kier molecular flexibility index (Phi) is 3.88. The highest BCUT2D eigenvalue weighted by Gasteiger charge is 1.85. The Hall–Kier alpha value is -0.830. The van der Waals surface area contributed by atoms with E-state index in [2.05, 4.69) is 5.32 Å². The molecule has 3 N–H and O–H groups in total. The van der Waals surface area contributed by atoms with Crippen molar-refractivity contribution >= 4 is 5.78 Å². The van der Waals surface area contributed by atoms with Crippen LogP contribution in [0.2, 0.25) is 0 Å². The van der Waals surface area contributed by atoms with E-state index in [0.717, 1.165) is 0 Å². The molecule has 0 aromatic carbocycles. The van der Waals surface area contributed by atoms with Gasteiger partial charge in [-0.05, 0) is 12.3 Å². The SMILES string of the molecule is CN/C=C/C(=O)CN. The Morgan fingerprint density at radius 3 is 2.88 bits per heavy atom. The maximum atomic E-state index is 10.3. The zero-order valence-electron chi connectivity index (χ0n) is 4.85. The maximum absolute atomic E-state index is 10.3. The number of ketones is 1. The van der Waals surface area contributed by atoms with Crippen LogP contribution in [0.5, 0.6) is 0 Å². The minimum absolute atomic E-state index is 0.0700. The van der Waals surface area contributed by atoms with E-state index in [1.54, 1.807) is 13.2 Å². The molecule has 3 heteroatoms. The van der Waals surface area contributed by atoms with Gasteiger partial charge in [-0.25, -0.2) is 0 Å². The molecule has 0 aliphatic carbocycles. The number of hydrogen-bond donors (Lipinski definition) is 2. The molecule has 0 aromatic heterocycles. The first kappa shape index (κ1) is 7.17. The second kappa shape index (κ2) is 4.33. The first-order valence-electron chi connectivity index (χ1n) is 2.38. The van der Waals surface area contributed by atoms with Crippen LogP contribution >= 0.6 is 0 Å². The van der Waals surface area contributed by atoms with Gasteiger partial charge < -0.3 is 11.1 Å². The second-order valence-corrected chi connectivity index (χ2v) is 1.29. The van der Waals surface area contributed by atoms with E-state index in [-0.39, 0.29) is 12.3 Å². The third kappa shape index (κ3) is 3.36. The van der Waals surface area contributed by atoms with Crippen molar-refractivity contribution in [2.75, 3.05) is 13.6 Å². The summed E-state index contributed by atoms with van der Waals surface area (Å²) in [5.41, 5.74) is 4.98. The number of hydrogen-bond acceptors (Lipinski definition) is 3. The smallest absolute Gasteiger partial charge is 0.170 e. The maximum Gasteiger partial charge on any atom is 0.170 e. The van der Waals surface area contributed by atoms with E-state index in [1.807, 2.05) is 0 Å². The molecule has 0 bridgehead atoms. The van der Waals surface area contributed by atoms with Crippen LogP contribution < -0.4 is 11.1 Å². The quantitative estimate of drug-likeness (QED) is 0.474. The van der Waals surface area contributed by atoms with Gasteiger partial charge in [0.15, 0.2) is 5.78 Å². The van der Waals surface area contributed by atoms with Crippen LogP contribution in [0.4, 0.5) is 0 Å². The molecule has 0 unspecified atom stereocenters. The topological polar surface area (TPSA) is 55.1 Å². The summed E-state index contributed by atoms with van der Waals surface area (Å²) in [6.07, 6.45) is 2.95. The third-order valence-electron chi connectivity index (χ3n) is 0.637. The molecule has 0 radical (unpaired) electrons. The predicted molar refractivity (Wildman–Crippen MR) is 32.3 cm³/mol. The van der Waals surface area contributed by atoms with E-state index in [1.165, 1.54) is 6.08 Å². The van der Waals surface area contributed by atoms with Crippen molar-refractivity contribution in [3.63, 3.8) is 0 Å². The lowest BCUT2D eigenvalue weighted by Gasteiger charge is -1.84. The van der Waals surface area contributed by atoms with E-state index in [0.29, 0.717) is 0 Å². The zero-order valence-corrected chi connectivity index (χ0v) is 4.85. The number of nitrogens with one attached hydrogen (secondary N) is 1. The standard InChI is InChI=1S/C5H10N2O/c1-7-3-2-5(8)4-6/h2-3,7H,4,6H2,1H3/b3-2+. The molecule has 0 atom stereocenters. The van der Waals surface area contributed by atoms with Crippen LogP contribution in [0, 0.1) is 0 Å². The number of nitrogens with two attached hydrogens (primary N) is 1. The van der Waals surface area contributed by atoms with E-state index >= 15 is 0 Å². The summed E-state index contributed by atoms with van der Waals surface area (Å²) in [5, 5.41) is 2.68. The Morgan fingerprint density at radius 2 is 2.50 bits per heavy atom. The van der Waals surface area contributed by atoms with Gasteiger partial charge in [0, 0.05) is 7.05 Å². The minimum Gasteiger partial charge on any atom is -0.394 e. The fraction of sp³-hybridized carbons (Fsp3) is 0.400. The van der Waals surface area contributed by atoms with E-state index in [4.69, 9.17) is 5.73 Å². The van der Waals surface area contributed by atoms with Crippen molar-refractivity contribution in [2.45, 2.75) is 0 Å². The minimum atomic E-state index is -0.0700. The Bertz CT molecular complexity index is 98.6. The molecule has 0 aliphatic rings. The highest BCUT2D eigenvalue weighted by atomic mass is 16.1. The van der Waals surface area contributed by atoms with Crippen LogP contribution in [-0.2, 0) is 4.79 Å². The van der Waals surface area contributed by atoms with Gasteiger partial charge in [0.05, 0.1) is 6.54 Å². The summed E-state index contributed by atoms with van der Waals surface area (Å²) in [7, 11) is 1.72. The normalized spacial score (nSPS) is 9.75. The van der Waals surface area contributed by atoms with Crippen molar-refractivity contribution in [3.8, 4) is 0 Å². The number of carbonyl (C=O) groups excluding carboxylic acids is 1. The first-order valence-corrected chi connectivity index (χ1v) is 2.38. The number of rotatable bonds is 3. The second-order valence-electron chi connectivity index (χ2n) is 1.29. The van der Waals surface area contributed by atoms with Gasteiger partial charge in [-0.2, -0.15) is 0 Å². The number of carbonyl (C=O) groups is 1. The summed E-state index contributed by atoms with van der Waals surface area (Å²) in [6, 6.07) is 0. The molecule has 0 saturated heterocycles. The summed E-state index contributed by atoms with van der Waals surface area (Å²) < 4.78 is 0. The van der Waals surface area contributed by atoms with Gasteiger partial charge in [-0.15, -0.1) is 0 Å². The van der Waals surface area contributed by atoms with Crippen molar-refractivity contribution in [1.29, 1.82) is 0 Å². The van der Waals surface area contributed by atoms with Crippen LogP contribution in [0.25, 0.3) is 0 Å². The van der Waals surface area contributed by atoms with Crippen molar-refractivity contribution in [3.05, 3.63) is 12.3 Å². The molecule has 0 rings (SSSR count). The molecule has 0 spiro atoms. The van der Waals surface area contributed by atoms with Gasteiger partial charge in [-0.3, -0.25) is 4.79 Å². The molecule has 46 valence electrons. The highest BCUT2D eigenvalue weighted by molar-refractivity contribution is 5.91. The fourth-order valence-electron chi connectivity index (χ4n) is 0.244. The molecule has 0 aromatic rings. The highest BCUT2D eigenvalue weighted by Crippen LogP contribution is 1.67. The largest absolute Gasteiger partial charge is 0.394 e. The van der Waals surface area contributed by atoms with Gasteiger partial charge in [-0.1, -0.05) is 0 Å². The van der Waals surface area contributed by atoms with Crippen LogP contribution in [0.1, 0.15) is 0 Å². The molecule has 8 heavy (non-hydrogen) atoms. The van der Waals surface area contributed by atoms with Crippen LogP contribution in [-0.4, -0.2) is 19.4 Å². The summed E-state index contributed by atoms with van der Waals surface area (Å²) >= 11 is 0. The molecular weight excluding hydrogens is 104 g/mol. The molecule has 0 aliphatic heterocycles.